The summed E-state index contributed by atoms with van der Waals surface area (Å²) in [7, 11) is 3.11. The normalized spacial score (nSPS) is 25.4. The van der Waals surface area contributed by atoms with Gasteiger partial charge in [0, 0.05) is 26.6 Å². The molecule has 6 nitrogen and oxygen atoms in total. The van der Waals surface area contributed by atoms with E-state index in [0.29, 0.717) is 13.2 Å². The summed E-state index contributed by atoms with van der Waals surface area (Å²) in [5, 5.41) is 13.1. The molecular formula is C10H18FN3O3. The summed E-state index contributed by atoms with van der Waals surface area (Å²) in [6.45, 7) is 3.05. The van der Waals surface area contributed by atoms with Crippen LogP contribution in [0.15, 0.2) is 11.8 Å². The minimum atomic E-state index is -1.36. The van der Waals surface area contributed by atoms with E-state index in [1.54, 1.807) is 14.1 Å². The molecule has 2 unspecified atom stereocenters. The summed E-state index contributed by atoms with van der Waals surface area (Å²) >= 11 is 0. The zero-order valence-electron chi connectivity index (χ0n) is 10.3. The highest BCUT2D eigenvalue weighted by Gasteiger charge is 2.25. The van der Waals surface area contributed by atoms with E-state index in [2.05, 4.69) is 5.32 Å². The van der Waals surface area contributed by atoms with E-state index in [0.717, 1.165) is 6.42 Å². The summed E-state index contributed by atoms with van der Waals surface area (Å²) in [5.41, 5.74) is 0. The molecule has 1 aliphatic rings. The lowest BCUT2D eigenvalue weighted by molar-refractivity contribution is -0.449. The molecule has 0 bridgehead atoms. The summed E-state index contributed by atoms with van der Waals surface area (Å²) in [5.74, 6) is -1.20. The molecule has 1 N–H and O–H groups in total. The fraction of sp³-hybridized carbons (Fsp3) is 0.800. The Morgan fingerprint density at radius 2 is 2.29 bits per heavy atom. The van der Waals surface area contributed by atoms with Gasteiger partial charge in [0.05, 0.1) is 17.6 Å². The van der Waals surface area contributed by atoms with Crippen LogP contribution in [0.1, 0.15) is 13.3 Å². The van der Waals surface area contributed by atoms with Gasteiger partial charge in [-0.25, -0.2) is 0 Å². The van der Waals surface area contributed by atoms with Crippen molar-refractivity contribution < 1.29 is 14.1 Å². The second-order valence-electron chi connectivity index (χ2n) is 4.42. The van der Waals surface area contributed by atoms with Crippen LogP contribution >= 0.6 is 0 Å². The van der Waals surface area contributed by atoms with Crippen molar-refractivity contribution in [3.63, 3.8) is 0 Å². The lowest BCUT2D eigenvalue weighted by Gasteiger charge is -2.18. The predicted molar refractivity (Wildman–Crippen MR) is 60.3 cm³/mol. The first-order valence-corrected chi connectivity index (χ1v) is 5.48. The first kappa shape index (κ1) is 13.7. The Balaban J connectivity index is 2.57. The van der Waals surface area contributed by atoms with Crippen molar-refractivity contribution in [3.8, 4) is 0 Å². The fourth-order valence-electron chi connectivity index (χ4n) is 1.79. The Labute approximate surface area is 99.6 Å². The number of ether oxygens (including phenoxy) is 1. The number of nitro groups is 1. The van der Waals surface area contributed by atoms with Crippen LogP contribution in [0.4, 0.5) is 4.39 Å². The predicted octanol–water partition coefficient (Wildman–Crippen LogP) is 0.935. The SMILES string of the molecule is CC1CC(CNC(=C(F)[N+](=O)[O-])N(C)C)CO1. The average Bonchev–Trinajstić information content (AvgIpc) is 2.63. The number of hydrogen-bond donors (Lipinski definition) is 1. The molecule has 1 rings (SSSR count). The maximum atomic E-state index is 13.2. The molecule has 1 fully saturated rings. The van der Waals surface area contributed by atoms with Gasteiger partial charge in [0.15, 0.2) is 0 Å². The summed E-state index contributed by atoms with van der Waals surface area (Å²) in [6, 6.07) is 0. The lowest BCUT2D eigenvalue weighted by atomic mass is 10.1. The van der Waals surface area contributed by atoms with Crippen molar-refractivity contribution in [2.24, 2.45) is 5.92 Å². The topological polar surface area (TPSA) is 67.6 Å². The highest BCUT2D eigenvalue weighted by Crippen LogP contribution is 2.18. The van der Waals surface area contributed by atoms with Gasteiger partial charge >= 0.3 is 5.95 Å². The van der Waals surface area contributed by atoms with E-state index in [1.807, 2.05) is 6.92 Å². The first-order valence-electron chi connectivity index (χ1n) is 5.48. The van der Waals surface area contributed by atoms with Gasteiger partial charge in [-0.1, -0.05) is 0 Å². The molecule has 0 aromatic rings. The third-order valence-electron chi connectivity index (χ3n) is 2.64. The van der Waals surface area contributed by atoms with Crippen LogP contribution in [-0.4, -0.2) is 43.2 Å². The highest BCUT2D eigenvalue weighted by molar-refractivity contribution is 4.98. The van der Waals surface area contributed by atoms with E-state index in [-0.39, 0.29) is 17.8 Å². The fourth-order valence-corrected chi connectivity index (χ4v) is 1.79. The molecule has 1 saturated heterocycles. The average molecular weight is 247 g/mol. The highest BCUT2D eigenvalue weighted by atomic mass is 19.1. The molecule has 0 aliphatic carbocycles. The van der Waals surface area contributed by atoms with Crippen molar-refractivity contribution in [2.45, 2.75) is 19.4 Å². The smallest absolute Gasteiger partial charge is 0.378 e. The Morgan fingerprint density at radius 1 is 1.65 bits per heavy atom. The van der Waals surface area contributed by atoms with Crippen LogP contribution in [0.2, 0.25) is 0 Å². The van der Waals surface area contributed by atoms with Crippen molar-refractivity contribution in [2.75, 3.05) is 27.2 Å². The molecule has 0 saturated carbocycles. The second-order valence-corrected chi connectivity index (χ2v) is 4.42. The maximum absolute atomic E-state index is 13.2. The van der Waals surface area contributed by atoms with Gasteiger partial charge in [-0.2, -0.15) is 0 Å². The van der Waals surface area contributed by atoms with Crippen LogP contribution in [0.3, 0.4) is 0 Å². The van der Waals surface area contributed by atoms with Crippen molar-refractivity contribution in [1.29, 1.82) is 0 Å². The Bertz CT molecular complexity index is 320. The summed E-state index contributed by atoms with van der Waals surface area (Å²) in [6.07, 6.45) is 1.09. The van der Waals surface area contributed by atoms with Gasteiger partial charge in [-0.15, -0.1) is 4.39 Å². The van der Waals surface area contributed by atoms with Crippen molar-refractivity contribution in [1.82, 2.24) is 10.2 Å². The quantitative estimate of drug-likeness (QED) is 0.445. The lowest BCUT2D eigenvalue weighted by Crippen LogP contribution is -2.32. The Hall–Kier alpha value is -1.37. The number of nitrogens with one attached hydrogen (secondary N) is 1. The molecule has 0 aromatic heterocycles. The van der Waals surface area contributed by atoms with Crippen LogP contribution in [-0.2, 0) is 4.74 Å². The van der Waals surface area contributed by atoms with Gasteiger partial charge in [-0.05, 0) is 13.3 Å². The van der Waals surface area contributed by atoms with Gasteiger partial charge in [0.2, 0.25) is 5.82 Å². The van der Waals surface area contributed by atoms with Crippen molar-refractivity contribution >= 4 is 0 Å². The molecule has 1 aliphatic heterocycles. The second kappa shape index (κ2) is 5.81. The Kier molecular flexibility index (Phi) is 4.68. The number of halogens is 1. The van der Waals surface area contributed by atoms with Gasteiger partial charge < -0.3 is 15.0 Å². The van der Waals surface area contributed by atoms with E-state index >= 15 is 0 Å². The number of nitrogens with zero attached hydrogens (tertiary/aromatic N) is 2. The molecule has 0 spiro atoms. The van der Waals surface area contributed by atoms with E-state index in [1.165, 1.54) is 4.90 Å². The molecule has 0 aromatic carbocycles. The zero-order chi connectivity index (χ0) is 13.0. The molecule has 0 radical (unpaired) electrons. The minimum absolute atomic E-state index is 0.102. The summed E-state index contributed by atoms with van der Waals surface area (Å²) in [4.78, 5) is 10.7. The first-order chi connectivity index (χ1) is 7.91. The van der Waals surface area contributed by atoms with Crippen LogP contribution in [0.5, 0.6) is 0 Å². The van der Waals surface area contributed by atoms with Crippen LogP contribution in [0, 0.1) is 16.0 Å². The zero-order valence-corrected chi connectivity index (χ0v) is 10.3. The molecule has 0 amide bonds. The Morgan fingerprint density at radius 3 is 2.71 bits per heavy atom. The largest absolute Gasteiger partial charge is 0.460 e. The molecule has 7 heteroatoms. The molecular weight excluding hydrogens is 229 g/mol. The molecule has 1 heterocycles. The molecule has 2 atom stereocenters. The monoisotopic (exact) mass is 247 g/mol. The molecule has 98 valence electrons. The van der Waals surface area contributed by atoms with Crippen LogP contribution < -0.4 is 5.32 Å². The van der Waals surface area contributed by atoms with Gasteiger partial charge in [-0.3, -0.25) is 10.1 Å². The molecule has 17 heavy (non-hydrogen) atoms. The van der Waals surface area contributed by atoms with E-state index < -0.39 is 10.9 Å². The van der Waals surface area contributed by atoms with Gasteiger partial charge in [0.25, 0.3) is 0 Å². The third-order valence-corrected chi connectivity index (χ3v) is 2.64. The number of hydrogen-bond acceptors (Lipinski definition) is 5. The third kappa shape index (κ3) is 3.85. The minimum Gasteiger partial charge on any atom is -0.378 e. The standard InChI is InChI=1S/C10H18FN3O3/c1-7-4-8(6-17-7)5-12-10(13(2)3)9(11)14(15)16/h7-8,12H,4-6H2,1-3H3. The number of rotatable bonds is 5. The summed E-state index contributed by atoms with van der Waals surface area (Å²) < 4.78 is 18.6. The van der Waals surface area contributed by atoms with Crippen LogP contribution in [0.25, 0.3) is 0 Å². The van der Waals surface area contributed by atoms with E-state index in [4.69, 9.17) is 4.74 Å². The van der Waals surface area contributed by atoms with Crippen molar-refractivity contribution in [3.05, 3.63) is 21.9 Å². The maximum Gasteiger partial charge on any atom is 0.460 e. The van der Waals surface area contributed by atoms with E-state index in [9.17, 15) is 14.5 Å². The van der Waals surface area contributed by atoms with Gasteiger partial charge in [0.1, 0.15) is 0 Å².